The summed E-state index contributed by atoms with van der Waals surface area (Å²) in [6.45, 7) is 8.06. The molecule has 0 saturated carbocycles. The van der Waals surface area contributed by atoms with Crippen molar-refractivity contribution in [1.29, 1.82) is 5.26 Å². The maximum absolute atomic E-state index is 8.13. The molecule has 0 aromatic heterocycles. The Labute approximate surface area is 70.6 Å². The third kappa shape index (κ3) is 17.7. The van der Waals surface area contributed by atoms with Gasteiger partial charge >= 0.3 is 0 Å². The van der Waals surface area contributed by atoms with Crippen LogP contribution in [-0.2, 0) is 0 Å². The van der Waals surface area contributed by atoms with Gasteiger partial charge in [-0.1, -0.05) is 27.2 Å². The first-order chi connectivity index (χ1) is 5.41. The molecule has 0 aromatic carbocycles. The van der Waals surface area contributed by atoms with E-state index in [1.807, 2.05) is 13.8 Å². The van der Waals surface area contributed by atoms with Crippen molar-refractivity contribution in [1.82, 2.24) is 5.32 Å². The van der Waals surface area contributed by atoms with E-state index in [4.69, 9.17) is 5.26 Å². The van der Waals surface area contributed by atoms with Crippen molar-refractivity contribution in [2.75, 3.05) is 13.1 Å². The van der Waals surface area contributed by atoms with E-state index in [1.165, 1.54) is 12.8 Å². The summed E-state index contributed by atoms with van der Waals surface area (Å²) >= 11 is 0. The molecule has 66 valence electrons. The molecule has 0 bridgehead atoms. The van der Waals surface area contributed by atoms with Gasteiger partial charge in [0.25, 0.3) is 0 Å². The highest BCUT2D eigenvalue weighted by molar-refractivity contribution is 4.69. The van der Waals surface area contributed by atoms with Crippen molar-refractivity contribution in [2.45, 2.75) is 40.0 Å². The molecule has 0 radical (unpaired) electrons. The topological polar surface area (TPSA) is 35.8 Å². The van der Waals surface area contributed by atoms with Gasteiger partial charge in [0.15, 0.2) is 0 Å². The van der Waals surface area contributed by atoms with Crippen LogP contribution in [0.3, 0.4) is 0 Å². The number of hydrogen-bond donors (Lipinski definition) is 1. The van der Waals surface area contributed by atoms with Gasteiger partial charge in [-0.2, -0.15) is 5.26 Å². The molecule has 0 fully saturated rings. The molecule has 0 rings (SSSR count). The average Bonchev–Trinajstić information content (AvgIpc) is 2.08. The maximum atomic E-state index is 8.13. The average molecular weight is 156 g/mol. The zero-order valence-corrected chi connectivity index (χ0v) is 7.98. The molecular formula is C9H20N2. The van der Waals surface area contributed by atoms with Gasteiger partial charge in [0.05, 0.1) is 6.07 Å². The highest BCUT2D eigenvalue weighted by Gasteiger charge is 1.83. The van der Waals surface area contributed by atoms with Gasteiger partial charge < -0.3 is 5.32 Å². The van der Waals surface area contributed by atoms with Crippen LogP contribution >= 0.6 is 0 Å². The lowest BCUT2D eigenvalue weighted by atomic mass is 10.3. The molecule has 0 atom stereocenters. The van der Waals surface area contributed by atoms with Gasteiger partial charge in [-0.25, -0.2) is 0 Å². The number of nitrogens with one attached hydrogen (secondary N) is 1. The van der Waals surface area contributed by atoms with Crippen molar-refractivity contribution in [2.24, 2.45) is 0 Å². The van der Waals surface area contributed by atoms with Gasteiger partial charge in [-0.15, -0.1) is 0 Å². The highest BCUT2D eigenvalue weighted by Crippen LogP contribution is 1.81. The molecule has 0 amide bonds. The smallest absolute Gasteiger partial charge is 0.0635 e. The fourth-order valence-electron chi connectivity index (χ4n) is 0.571. The number of nitrogens with zero attached hydrogens (tertiary/aromatic N) is 1. The summed E-state index contributed by atoms with van der Waals surface area (Å²) in [5, 5.41) is 11.3. The summed E-state index contributed by atoms with van der Waals surface area (Å²) in [7, 11) is 0. The van der Waals surface area contributed by atoms with E-state index in [0.29, 0.717) is 6.42 Å². The number of hydrogen-bond acceptors (Lipinski definition) is 2. The molecule has 0 saturated heterocycles. The largest absolute Gasteiger partial charge is 0.316 e. The first-order valence-corrected chi connectivity index (χ1v) is 4.49. The van der Waals surface area contributed by atoms with E-state index in [9.17, 15) is 0 Å². The number of nitriles is 1. The highest BCUT2D eigenvalue weighted by atomic mass is 14.8. The Morgan fingerprint density at radius 2 is 1.91 bits per heavy atom. The second kappa shape index (κ2) is 16.2. The van der Waals surface area contributed by atoms with E-state index in [-0.39, 0.29) is 0 Å². The van der Waals surface area contributed by atoms with Crippen LogP contribution in [0.5, 0.6) is 0 Å². The third-order valence-electron chi connectivity index (χ3n) is 1.12. The van der Waals surface area contributed by atoms with Crippen LogP contribution in [0.2, 0.25) is 0 Å². The summed E-state index contributed by atoms with van der Waals surface area (Å²) in [5.74, 6) is 0. The molecule has 1 N–H and O–H groups in total. The van der Waals surface area contributed by atoms with Crippen molar-refractivity contribution in [3.05, 3.63) is 0 Å². The minimum absolute atomic E-state index is 0.629. The predicted octanol–water partition coefficient (Wildman–Crippen LogP) is 2.32. The molecule has 0 unspecified atom stereocenters. The maximum Gasteiger partial charge on any atom is 0.0635 e. The minimum Gasteiger partial charge on any atom is -0.316 e. The molecule has 0 aliphatic carbocycles. The Hall–Kier alpha value is -0.550. The van der Waals surface area contributed by atoms with E-state index in [0.717, 1.165) is 13.1 Å². The van der Waals surface area contributed by atoms with Gasteiger partial charge in [-0.05, 0) is 13.0 Å². The SMILES string of the molecule is CC.CCCCNCCC#N. The van der Waals surface area contributed by atoms with E-state index in [1.54, 1.807) is 0 Å². The summed E-state index contributed by atoms with van der Waals surface area (Å²) < 4.78 is 0. The fraction of sp³-hybridized carbons (Fsp3) is 0.889. The van der Waals surface area contributed by atoms with Crippen molar-refractivity contribution in [3.63, 3.8) is 0 Å². The molecule has 0 aliphatic heterocycles. The standard InChI is InChI=1S/C7H14N2.C2H6/c1-2-3-6-9-7-4-5-8;1-2/h9H,2-4,6-7H2,1H3;1-2H3. The third-order valence-corrected chi connectivity index (χ3v) is 1.12. The second-order valence-electron chi connectivity index (χ2n) is 2.01. The lowest BCUT2D eigenvalue weighted by Crippen LogP contribution is -2.15. The van der Waals surface area contributed by atoms with Gasteiger partial charge in [0.1, 0.15) is 0 Å². The van der Waals surface area contributed by atoms with Gasteiger partial charge in [0.2, 0.25) is 0 Å². The molecule has 2 heteroatoms. The summed E-state index contributed by atoms with van der Waals surface area (Å²) in [6, 6.07) is 2.08. The number of unbranched alkanes of at least 4 members (excludes halogenated alkanes) is 1. The number of rotatable bonds is 5. The lowest BCUT2D eigenvalue weighted by Gasteiger charge is -1.97. The Morgan fingerprint density at radius 1 is 1.27 bits per heavy atom. The van der Waals surface area contributed by atoms with Crippen molar-refractivity contribution >= 4 is 0 Å². The van der Waals surface area contributed by atoms with Crippen LogP contribution in [0.25, 0.3) is 0 Å². The molecule has 0 heterocycles. The molecule has 2 nitrogen and oxygen atoms in total. The van der Waals surface area contributed by atoms with E-state index in [2.05, 4.69) is 18.3 Å². The molecular weight excluding hydrogens is 136 g/mol. The van der Waals surface area contributed by atoms with Crippen LogP contribution < -0.4 is 5.32 Å². The zero-order valence-electron chi connectivity index (χ0n) is 7.98. The molecule has 0 aromatic rings. The first kappa shape index (κ1) is 13.1. The van der Waals surface area contributed by atoms with E-state index >= 15 is 0 Å². The fourth-order valence-corrected chi connectivity index (χ4v) is 0.571. The van der Waals surface area contributed by atoms with Crippen molar-refractivity contribution in [3.8, 4) is 6.07 Å². The Balaban J connectivity index is 0. The Kier molecular flexibility index (Phi) is 19.3. The second-order valence-corrected chi connectivity index (χ2v) is 2.01. The zero-order chi connectivity index (χ0) is 8.95. The first-order valence-electron chi connectivity index (χ1n) is 4.49. The lowest BCUT2D eigenvalue weighted by molar-refractivity contribution is 0.647. The van der Waals surface area contributed by atoms with Crippen LogP contribution in [0, 0.1) is 11.3 Å². The monoisotopic (exact) mass is 156 g/mol. The summed E-state index contributed by atoms with van der Waals surface area (Å²) in [4.78, 5) is 0. The predicted molar refractivity (Wildman–Crippen MR) is 49.4 cm³/mol. The Bertz CT molecular complexity index is 84.1. The normalized spacial score (nSPS) is 7.82. The van der Waals surface area contributed by atoms with Gasteiger partial charge in [0, 0.05) is 13.0 Å². The summed E-state index contributed by atoms with van der Waals surface area (Å²) in [6.07, 6.45) is 3.06. The van der Waals surface area contributed by atoms with Crippen LogP contribution in [0.4, 0.5) is 0 Å². The van der Waals surface area contributed by atoms with Crippen LogP contribution in [0.15, 0.2) is 0 Å². The van der Waals surface area contributed by atoms with E-state index < -0.39 is 0 Å². The van der Waals surface area contributed by atoms with Crippen LogP contribution in [0.1, 0.15) is 40.0 Å². The summed E-state index contributed by atoms with van der Waals surface area (Å²) in [5.41, 5.74) is 0. The molecule has 0 spiro atoms. The molecule has 0 aliphatic rings. The Morgan fingerprint density at radius 3 is 2.36 bits per heavy atom. The molecule has 11 heavy (non-hydrogen) atoms. The minimum atomic E-state index is 0.629. The van der Waals surface area contributed by atoms with Crippen LogP contribution in [-0.4, -0.2) is 13.1 Å². The van der Waals surface area contributed by atoms with Gasteiger partial charge in [-0.3, -0.25) is 0 Å². The van der Waals surface area contributed by atoms with Crippen molar-refractivity contribution < 1.29 is 0 Å². The quantitative estimate of drug-likeness (QED) is 0.620.